The fourth-order valence-corrected chi connectivity index (χ4v) is 3.63. The number of unbranched alkanes of at least 4 members (excludes halogenated alkanes) is 1. The Kier molecular flexibility index (Phi) is 3.23. The molecule has 0 amide bonds. The Labute approximate surface area is 110 Å². The fraction of sp³-hybridized carbons (Fsp3) is 0.588. The minimum Gasteiger partial charge on any atom is -0.294 e. The van der Waals surface area contributed by atoms with Crippen molar-refractivity contribution in [2.45, 2.75) is 64.7 Å². The van der Waals surface area contributed by atoms with Crippen LogP contribution in [0.25, 0.3) is 0 Å². The third kappa shape index (κ3) is 1.90. The standard InChI is InChI=1S/C17H22O/c1-2-3-7-14-13-8-4-6-12(13)11-16-15(14)9-5-10-17(16)18/h11H,2-10H2,1H3. The van der Waals surface area contributed by atoms with E-state index in [1.165, 1.54) is 49.7 Å². The number of benzene rings is 1. The van der Waals surface area contributed by atoms with Crippen LogP contribution in [0.5, 0.6) is 0 Å². The molecule has 1 aromatic carbocycles. The highest BCUT2D eigenvalue weighted by Crippen LogP contribution is 2.35. The van der Waals surface area contributed by atoms with Gasteiger partial charge >= 0.3 is 0 Å². The molecule has 96 valence electrons. The zero-order valence-corrected chi connectivity index (χ0v) is 11.3. The summed E-state index contributed by atoms with van der Waals surface area (Å²) in [6.45, 7) is 2.25. The summed E-state index contributed by atoms with van der Waals surface area (Å²) in [4.78, 5) is 12.1. The molecule has 0 aromatic heterocycles. The van der Waals surface area contributed by atoms with Gasteiger partial charge in [-0.25, -0.2) is 0 Å². The SMILES string of the molecule is CCCCc1c2c(cc3c1CCCC3=O)CCC2. The second-order valence-electron chi connectivity index (χ2n) is 5.75. The summed E-state index contributed by atoms with van der Waals surface area (Å²) < 4.78 is 0. The van der Waals surface area contributed by atoms with Crippen LogP contribution in [0.4, 0.5) is 0 Å². The molecule has 1 aromatic rings. The molecule has 0 heterocycles. The molecule has 1 nitrogen and oxygen atoms in total. The Morgan fingerprint density at radius 1 is 1.06 bits per heavy atom. The van der Waals surface area contributed by atoms with E-state index in [0.29, 0.717) is 5.78 Å². The van der Waals surface area contributed by atoms with Crippen LogP contribution in [-0.4, -0.2) is 5.78 Å². The van der Waals surface area contributed by atoms with Crippen molar-refractivity contribution < 1.29 is 4.79 Å². The van der Waals surface area contributed by atoms with E-state index in [1.807, 2.05) is 0 Å². The van der Waals surface area contributed by atoms with Crippen molar-refractivity contribution >= 4 is 5.78 Å². The number of hydrogen-bond donors (Lipinski definition) is 0. The lowest BCUT2D eigenvalue weighted by Gasteiger charge is -2.22. The van der Waals surface area contributed by atoms with Gasteiger partial charge in [-0.2, -0.15) is 0 Å². The van der Waals surface area contributed by atoms with Crippen LogP contribution >= 0.6 is 0 Å². The maximum Gasteiger partial charge on any atom is 0.163 e. The molecule has 0 N–H and O–H groups in total. The first-order valence-electron chi connectivity index (χ1n) is 7.51. The van der Waals surface area contributed by atoms with E-state index < -0.39 is 0 Å². The summed E-state index contributed by atoms with van der Waals surface area (Å²) in [5.41, 5.74) is 7.15. The first-order valence-corrected chi connectivity index (χ1v) is 7.51. The maximum atomic E-state index is 12.1. The summed E-state index contributed by atoms with van der Waals surface area (Å²) in [6.07, 6.45) is 10.4. The van der Waals surface area contributed by atoms with Crippen molar-refractivity contribution in [3.8, 4) is 0 Å². The van der Waals surface area contributed by atoms with Crippen molar-refractivity contribution in [3.05, 3.63) is 33.9 Å². The van der Waals surface area contributed by atoms with Crippen molar-refractivity contribution in [2.75, 3.05) is 0 Å². The van der Waals surface area contributed by atoms with E-state index in [2.05, 4.69) is 13.0 Å². The minimum absolute atomic E-state index is 0.392. The number of carbonyl (C=O) groups excluding carboxylic acids is 1. The summed E-state index contributed by atoms with van der Waals surface area (Å²) in [7, 11) is 0. The first-order chi connectivity index (χ1) is 8.81. The number of aryl methyl sites for hydroxylation is 1. The normalized spacial score (nSPS) is 17.7. The Morgan fingerprint density at radius 3 is 2.67 bits per heavy atom. The molecule has 0 aliphatic heterocycles. The maximum absolute atomic E-state index is 12.1. The molecule has 2 aliphatic rings. The number of hydrogen-bond acceptors (Lipinski definition) is 1. The van der Waals surface area contributed by atoms with Crippen LogP contribution in [0.15, 0.2) is 6.07 Å². The molecule has 3 rings (SSSR count). The molecule has 0 bridgehead atoms. The van der Waals surface area contributed by atoms with E-state index in [0.717, 1.165) is 24.8 Å². The van der Waals surface area contributed by atoms with Gasteiger partial charge in [0.1, 0.15) is 0 Å². The van der Waals surface area contributed by atoms with Gasteiger partial charge in [-0.05, 0) is 73.3 Å². The van der Waals surface area contributed by atoms with Crippen LogP contribution < -0.4 is 0 Å². The second-order valence-corrected chi connectivity index (χ2v) is 5.75. The molecule has 0 atom stereocenters. The Morgan fingerprint density at radius 2 is 1.83 bits per heavy atom. The number of ketones is 1. The van der Waals surface area contributed by atoms with E-state index in [4.69, 9.17) is 0 Å². The monoisotopic (exact) mass is 242 g/mol. The van der Waals surface area contributed by atoms with Crippen LogP contribution in [0.1, 0.15) is 71.6 Å². The van der Waals surface area contributed by atoms with Gasteiger partial charge < -0.3 is 0 Å². The summed E-state index contributed by atoms with van der Waals surface area (Å²) in [5, 5.41) is 0. The third-order valence-corrected chi connectivity index (χ3v) is 4.54. The van der Waals surface area contributed by atoms with Gasteiger partial charge in [-0.15, -0.1) is 0 Å². The van der Waals surface area contributed by atoms with Crippen molar-refractivity contribution in [1.82, 2.24) is 0 Å². The summed E-state index contributed by atoms with van der Waals surface area (Å²) >= 11 is 0. The van der Waals surface area contributed by atoms with Gasteiger partial charge in [0.15, 0.2) is 5.78 Å². The highest BCUT2D eigenvalue weighted by molar-refractivity contribution is 5.99. The Balaban J connectivity index is 2.11. The van der Waals surface area contributed by atoms with Gasteiger partial charge in [0.2, 0.25) is 0 Å². The predicted octanol–water partition coefficient (Wildman–Crippen LogP) is 4.04. The number of fused-ring (bicyclic) bond motifs is 2. The molecule has 2 aliphatic carbocycles. The average molecular weight is 242 g/mol. The van der Waals surface area contributed by atoms with Crippen LogP contribution in [-0.2, 0) is 25.7 Å². The molecule has 0 saturated carbocycles. The van der Waals surface area contributed by atoms with Gasteiger partial charge in [0.25, 0.3) is 0 Å². The van der Waals surface area contributed by atoms with Crippen molar-refractivity contribution in [2.24, 2.45) is 0 Å². The first kappa shape index (κ1) is 12.0. The van der Waals surface area contributed by atoms with Crippen LogP contribution in [0, 0.1) is 0 Å². The molecule has 0 saturated heterocycles. The van der Waals surface area contributed by atoms with Gasteiger partial charge in [-0.1, -0.05) is 13.3 Å². The Bertz CT molecular complexity index is 485. The molecule has 1 heteroatoms. The largest absolute Gasteiger partial charge is 0.294 e. The zero-order chi connectivity index (χ0) is 12.5. The summed E-state index contributed by atoms with van der Waals surface area (Å²) in [5.74, 6) is 0.392. The lowest BCUT2D eigenvalue weighted by atomic mass is 9.82. The fourth-order valence-electron chi connectivity index (χ4n) is 3.63. The minimum atomic E-state index is 0.392. The highest BCUT2D eigenvalue weighted by Gasteiger charge is 2.25. The van der Waals surface area contributed by atoms with Gasteiger partial charge in [0, 0.05) is 12.0 Å². The van der Waals surface area contributed by atoms with E-state index in [9.17, 15) is 4.79 Å². The molecular weight excluding hydrogens is 220 g/mol. The Hall–Kier alpha value is -1.11. The van der Waals surface area contributed by atoms with E-state index >= 15 is 0 Å². The molecule has 0 spiro atoms. The smallest absolute Gasteiger partial charge is 0.163 e. The average Bonchev–Trinajstić information content (AvgIpc) is 2.83. The lowest BCUT2D eigenvalue weighted by Crippen LogP contribution is -2.15. The quantitative estimate of drug-likeness (QED) is 0.782. The molecule has 0 fully saturated rings. The number of Topliss-reactive ketones (excluding diaryl/α,β-unsaturated/α-hetero) is 1. The lowest BCUT2D eigenvalue weighted by molar-refractivity contribution is 0.0972. The zero-order valence-electron chi connectivity index (χ0n) is 11.3. The topological polar surface area (TPSA) is 17.1 Å². The molecule has 0 unspecified atom stereocenters. The molecule has 18 heavy (non-hydrogen) atoms. The van der Waals surface area contributed by atoms with Crippen molar-refractivity contribution in [3.63, 3.8) is 0 Å². The third-order valence-electron chi connectivity index (χ3n) is 4.54. The molecule has 0 radical (unpaired) electrons. The van der Waals surface area contributed by atoms with Crippen molar-refractivity contribution in [1.29, 1.82) is 0 Å². The van der Waals surface area contributed by atoms with E-state index in [-0.39, 0.29) is 0 Å². The van der Waals surface area contributed by atoms with E-state index in [1.54, 1.807) is 11.1 Å². The highest BCUT2D eigenvalue weighted by atomic mass is 16.1. The van der Waals surface area contributed by atoms with Gasteiger partial charge in [0.05, 0.1) is 0 Å². The number of rotatable bonds is 3. The predicted molar refractivity (Wildman–Crippen MR) is 74.3 cm³/mol. The van der Waals surface area contributed by atoms with Crippen LogP contribution in [0.2, 0.25) is 0 Å². The molecular formula is C17H22O. The summed E-state index contributed by atoms with van der Waals surface area (Å²) in [6, 6.07) is 2.23. The van der Waals surface area contributed by atoms with Gasteiger partial charge in [-0.3, -0.25) is 4.79 Å². The number of carbonyl (C=O) groups is 1. The second kappa shape index (κ2) is 4.87. The van der Waals surface area contributed by atoms with Crippen LogP contribution in [0.3, 0.4) is 0 Å².